The van der Waals surface area contributed by atoms with E-state index in [1.165, 1.54) is 0 Å². The second kappa shape index (κ2) is 8.17. The quantitative estimate of drug-likeness (QED) is 0.531. The van der Waals surface area contributed by atoms with E-state index < -0.39 is 0 Å². The molecule has 1 atom stereocenters. The first-order valence-electron chi connectivity index (χ1n) is 8.08. The number of likely N-dealkylation sites (tertiary alicyclic amines) is 1. The molecule has 0 aliphatic carbocycles. The molecule has 2 rings (SSSR count). The van der Waals surface area contributed by atoms with Crippen LogP contribution in [-0.2, 0) is 14.3 Å². The number of cyclic esters (lactones) is 1. The van der Waals surface area contributed by atoms with Crippen LogP contribution in [0.3, 0.4) is 0 Å². The van der Waals surface area contributed by atoms with Crippen molar-refractivity contribution < 1.29 is 19.1 Å². The van der Waals surface area contributed by atoms with Crippen LogP contribution in [-0.4, -0.2) is 66.8 Å². The summed E-state index contributed by atoms with van der Waals surface area (Å²) in [5, 5.41) is 0. The maximum atomic E-state index is 12.1. The summed E-state index contributed by atoms with van der Waals surface area (Å²) in [7, 11) is 0. The van der Waals surface area contributed by atoms with Gasteiger partial charge in [-0.25, -0.2) is 4.79 Å². The highest BCUT2D eigenvalue weighted by Crippen LogP contribution is 2.25. The van der Waals surface area contributed by atoms with Gasteiger partial charge in [0.05, 0.1) is 25.7 Å². The molecule has 22 heavy (non-hydrogen) atoms. The van der Waals surface area contributed by atoms with Crippen molar-refractivity contribution in [1.82, 2.24) is 9.80 Å². The number of hydrogen-bond donors (Lipinski definition) is 0. The Bertz CT molecular complexity index is 405. The zero-order chi connectivity index (χ0) is 15.9. The number of piperidine rings is 1. The summed E-state index contributed by atoms with van der Waals surface area (Å²) in [6.07, 6.45) is 4.44. The molecule has 1 unspecified atom stereocenters. The van der Waals surface area contributed by atoms with Crippen molar-refractivity contribution in [2.75, 3.05) is 32.9 Å². The minimum Gasteiger partial charge on any atom is -0.447 e. The van der Waals surface area contributed by atoms with Crippen molar-refractivity contribution >= 4 is 12.0 Å². The van der Waals surface area contributed by atoms with Crippen LogP contribution >= 0.6 is 0 Å². The van der Waals surface area contributed by atoms with Crippen molar-refractivity contribution in [1.29, 1.82) is 0 Å². The third-order valence-electron chi connectivity index (χ3n) is 4.38. The summed E-state index contributed by atoms with van der Waals surface area (Å²) in [5.41, 5.74) is 0. The van der Waals surface area contributed by atoms with Crippen LogP contribution in [0.2, 0.25) is 0 Å². The van der Waals surface area contributed by atoms with E-state index in [9.17, 15) is 9.59 Å². The van der Waals surface area contributed by atoms with E-state index >= 15 is 0 Å². The first-order chi connectivity index (χ1) is 10.7. The van der Waals surface area contributed by atoms with E-state index in [-0.39, 0.29) is 24.1 Å². The fourth-order valence-corrected chi connectivity index (χ4v) is 3.11. The molecule has 0 saturated carbocycles. The average Bonchev–Trinajstić information content (AvgIpc) is 2.92. The molecule has 2 heterocycles. The number of carbonyl (C=O) groups excluding carboxylic acids is 2. The van der Waals surface area contributed by atoms with Gasteiger partial charge in [0.25, 0.3) is 0 Å². The smallest absolute Gasteiger partial charge is 0.410 e. The Morgan fingerprint density at radius 3 is 2.82 bits per heavy atom. The maximum absolute atomic E-state index is 12.1. The number of rotatable bonds is 7. The first-order valence-corrected chi connectivity index (χ1v) is 8.08. The molecule has 2 saturated heterocycles. The fourth-order valence-electron chi connectivity index (χ4n) is 3.11. The average molecular weight is 310 g/mol. The molecule has 0 aromatic carbocycles. The summed E-state index contributed by atoms with van der Waals surface area (Å²) in [6, 6.07) is 0.382. The van der Waals surface area contributed by atoms with Crippen molar-refractivity contribution in [3.05, 3.63) is 12.7 Å². The Kier molecular flexibility index (Phi) is 6.24. The lowest BCUT2D eigenvalue weighted by Crippen LogP contribution is -2.49. The van der Waals surface area contributed by atoms with Crippen LogP contribution in [0, 0.1) is 0 Å². The second-order valence-corrected chi connectivity index (χ2v) is 5.77. The molecule has 0 aromatic heterocycles. The minimum absolute atomic E-state index is 0.124. The molecular formula is C16H26N2O4. The fraction of sp³-hybridized carbons (Fsp3) is 0.750. The predicted octanol–water partition coefficient (Wildman–Crippen LogP) is 1.80. The molecule has 0 N–H and O–H groups in total. The lowest BCUT2D eigenvalue weighted by atomic mass is 10.0. The SMILES string of the molecule is C=CCOCCC(=O)N1CCC(N2C(=O)OCC2CC)CC1. The number of amides is 2. The Morgan fingerprint density at radius 1 is 1.45 bits per heavy atom. The van der Waals surface area contributed by atoms with Crippen LogP contribution in [0.15, 0.2) is 12.7 Å². The van der Waals surface area contributed by atoms with Crippen LogP contribution in [0.4, 0.5) is 4.79 Å². The van der Waals surface area contributed by atoms with Crippen LogP contribution in [0.1, 0.15) is 32.6 Å². The first kappa shape index (κ1) is 16.8. The Balaban J connectivity index is 1.76. The topological polar surface area (TPSA) is 59.1 Å². The van der Waals surface area contributed by atoms with E-state index in [1.54, 1.807) is 6.08 Å². The Morgan fingerprint density at radius 2 is 2.18 bits per heavy atom. The van der Waals surface area contributed by atoms with E-state index in [1.807, 2.05) is 9.80 Å². The standard InChI is InChI=1S/C16H26N2O4/c1-3-10-21-11-7-15(19)17-8-5-14(6-9-17)18-13(4-2)12-22-16(18)20/h3,13-14H,1,4-12H2,2H3. The van der Waals surface area contributed by atoms with E-state index in [0.29, 0.717) is 39.3 Å². The zero-order valence-corrected chi connectivity index (χ0v) is 13.3. The highest BCUT2D eigenvalue weighted by atomic mass is 16.6. The molecule has 124 valence electrons. The second-order valence-electron chi connectivity index (χ2n) is 5.77. The molecule has 2 aliphatic heterocycles. The highest BCUT2D eigenvalue weighted by molar-refractivity contribution is 5.76. The molecule has 6 nitrogen and oxygen atoms in total. The third-order valence-corrected chi connectivity index (χ3v) is 4.38. The van der Waals surface area contributed by atoms with Crippen LogP contribution < -0.4 is 0 Å². The van der Waals surface area contributed by atoms with Crippen molar-refractivity contribution in [3.63, 3.8) is 0 Å². The molecule has 0 bridgehead atoms. The largest absolute Gasteiger partial charge is 0.447 e. The molecule has 2 fully saturated rings. The van der Waals surface area contributed by atoms with Gasteiger partial charge in [-0.15, -0.1) is 6.58 Å². The van der Waals surface area contributed by atoms with Gasteiger partial charge in [0.1, 0.15) is 6.61 Å². The predicted molar refractivity (Wildman–Crippen MR) is 82.5 cm³/mol. The summed E-state index contributed by atoms with van der Waals surface area (Å²) in [5.74, 6) is 0.124. The van der Waals surface area contributed by atoms with Crippen molar-refractivity contribution in [2.45, 2.75) is 44.7 Å². The molecule has 2 aliphatic rings. The maximum Gasteiger partial charge on any atom is 0.410 e. The van der Waals surface area contributed by atoms with Crippen molar-refractivity contribution in [2.24, 2.45) is 0 Å². The lowest BCUT2D eigenvalue weighted by molar-refractivity contribution is -0.133. The molecule has 0 spiro atoms. The number of hydrogen-bond acceptors (Lipinski definition) is 4. The van der Waals surface area contributed by atoms with Gasteiger partial charge in [-0.3, -0.25) is 9.69 Å². The molecule has 6 heteroatoms. The van der Waals surface area contributed by atoms with Gasteiger partial charge in [-0.05, 0) is 19.3 Å². The Labute approximate surface area is 132 Å². The summed E-state index contributed by atoms with van der Waals surface area (Å²) >= 11 is 0. The normalized spacial score (nSPS) is 22.8. The van der Waals surface area contributed by atoms with E-state index in [4.69, 9.17) is 9.47 Å². The summed E-state index contributed by atoms with van der Waals surface area (Å²) in [4.78, 5) is 27.7. The van der Waals surface area contributed by atoms with Gasteiger partial charge >= 0.3 is 6.09 Å². The monoisotopic (exact) mass is 310 g/mol. The van der Waals surface area contributed by atoms with Crippen molar-refractivity contribution in [3.8, 4) is 0 Å². The lowest BCUT2D eigenvalue weighted by Gasteiger charge is -2.37. The number of nitrogens with zero attached hydrogens (tertiary/aromatic N) is 2. The van der Waals surface area contributed by atoms with Gasteiger partial charge in [-0.2, -0.15) is 0 Å². The Hall–Kier alpha value is -1.56. The van der Waals surface area contributed by atoms with E-state index in [2.05, 4.69) is 13.5 Å². The zero-order valence-electron chi connectivity index (χ0n) is 13.3. The van der Waals surface area contributed by atoms with E-state index in [0.717, 1.165) is 19.3 Å². The van der Waals surface area contributed by atoms with Gasteiger partial charge in [0.2, 0.25) is 5.91 Å². The van der Waals surface area contributed by atoms with Gasteiger partial charge < -0.3 is 14.4 Å². The highest BCUT2D eigenvalue weighted by Gasteiger charge is 2.38. The van der Waals surface area contributed by atoms with Crippen LogP contribution in [0.25, 0.3) is 0 Å². The van der Waals surface area contributed by atoms with Gasteiger partial charge in [-0.1, -0.05) is 13.0 Å². The molecule has 2 amide bonds. The summed E-state index contributed by atoms with van der Waals surface area (Å²) < 4.78 is 10.4. The summed E-state index contributed by atoms with van der Waals surface area (Å²) in [6.45, 7) is 8.44. The molecule has 0 radical (unpaired) electrons. The number of carbonyl (C=O) groups is 2. The number of ether oxygens (including phenoxy) is 2. The third kappa shape index (κ3) is 4.00. The minimum atomic E-state index is -0.200. The van der Waals surface area contributed by atoms with Gasteiger partial charge in [0, 0.05) is 19.1 Å². The molecular weight excluding hydrogens is 284 g/mol. The van der Waals surface area contributed by atoms with Crippen LogP contribution in [0.5, 0.6) is 0 Å². The van der Waals surface area contributed by atoms with Gasteiger partial charge in [0.15, 0.2) is 0 Å². The molecule has 0 aromatic rings.